The molecule has 3 rings (SSSR count). The summed E-state index contributed by atoms with van der Waals surface area (Å²) in [7, 11) is 0. The van der Waals surface area contributed by atoms with Crippen LogP contribution < -0.4 is 0 Å². The van der Waals surface area contributed by atoms with Gasteiger partial charge in [-0.15, -0.1) is 0 Å². The Morgan fingerprint density at radius 3 is 2.85 bits per heavy atom. The third-order valence-corrected chi connectivity index (χ3v) is 4.11. The maximum Gasteiger partial charge on any atom is 0.222 e. The maximum atomic E-state index is 12.2. The molecule has 0 saturated carbocycles. The minimum atomic E-state index is 0.287. The van der Waals surface area contributed by atoms with Crippen molar-refractivity contribution in [2.24, 2.45) is 0 Å². The molecule has 2 aromatic heterocycles. The minimum Gasteiger partial charge on any atom is -0.343 e. The van der Waals surface area contributed by atoms with Crippen molar-refractivity contribution in [2.45, 2.75) is 39.0 Å². The highest BCUT2D eigenvalue weighted by Crippen LogP contribution is 2.15. The molecule has 0 radical (unpaired) electrons. The van der Waals surface area contributed by atoms with E-state index in [2.05, 4.69) is 9.38 Å². The first-order chi connectivity index (χ1) is 9.75. The van der Waals surface area contributed by atoms with Crippen LogP contribution in [0, 0.1) is 6.92 Å². The second kappa shape index (κ2) is 5.65. The van der Waals surface area contributed by atoms with Crippen LogP contribution in [0.2, 0.25) is 0 Å². The van der Waals surface area contributed by atoms with Gasteiger partial charge in [0, 0.05) is 31.4 Å². The molecular weight excluding hydrogens is 250 g/mol. The smallest absolute Gasteiger partial charge is 0.222 e. The number of imidazole rings is 1. The first kappa shape index (κ1) is 13.2. The highest BCUT2D eigenvalue weighted by molar-refractivity contribution is 5.76. The molecule has 0 unspecified atom stereocenters. The van der Waals surface area contributed by atoms with Gasteiger partial charge >= 0.3 is 0 Å². The van der Waals surface area contributed by atoms with E-state index in [4.69, 9.17) is 0 Å². The second-order valence-corrected chi connectivity index (χ2v) is 5.51. The minimum absolute atomic E-state index is 0.287. The molecule has 20 heavy (non-hydrogen) atoms. The molecule has 4 nitrogen and oxygen atoms in total. The molecule has 0 N–H and O–H groups in total. The lowest BCUT2D eigenvalue weighted by molar-refractivity contribution is -0.132. The summed E-state index contributed by atoms with van der Waals surface area (Å²) < 4.78 is 2.10. The van der Waals surface area contributed by atoms with Gasteiger partial charge in [0.25, 0.3) is 0 Å². The lowest BCUT2D eigenvalue weighted by Gasteiger charge is -2.26. The highest BCUT2D eigenvalue weighted by Gasteiger charge is 2.17. The Morgan fingerprint density at radius 2 is 2.05 bits per heavy atom. The van der Waals surface area contributed by atoms with Gasteiger partial charge in [0.1, 0.15) is 5.65 Å². The van der Waals surface area contributed by atoms with Crippen LogP contribution in [0.5, 0.6) is 0 Å². The Bertz CT molecular complexity index is 611. The lowest BCUT2D eigenvalue weighted by atomic mass is 10.1. The van der Waals surface area contributed by atoms with E-state index >= 15 is 0 Å². The number of hydrogen-bond donors (Lipinski definition) is 0. The van der Waals surface area contributed by atoms with Crippen LogP contribution in [0.15, 0.2) is 24.4 Å². The number of carbonyl (C=O) groups is 1. The Morgan fingerprint density at radius 1 is 1.25 bits per heavy atom. The van der Waals surface area contributed by atoms with Crippen molar-refractivity contribution < 1.29 is 4.79 Å². The highest BCUT2D eigenvalue weighted by atomic mass is 16.2. The number of likely N-dealkylation sites (tertiary alicyclic amines) is 1. The molecule has 0 aliphatic carbocycles. The van der Waals surface area contributed by atoms with Gasteiger partial charge in [0.15, 0.2) is 0 Å². The Hall–Kier alpha value is -1.84. The van der Waals surface area contributed by atoms with Crippen LogP contribution in [0.3, 0.4) is 0 Å². The Kier molecular flexibility index (Phi) is 3.72. The number of hydrogen-bond acceptors (Lipinski definition) is 2. The molecule has 0 spiro atoms. The van der Waals surface area contributed by atoms with Crippen molar-refractivity contribution >= 4 is 11.6 Å². The molecule has 0 aromatic carbocycles. The molecule has 1 aliphatic rings. The van der Waals surface area contributed by atoms with Gasteiger partial charge in [0.05, 0.1) is 5.69 Å². The summed E-state index contributed by atoms with van der Waals surface area (Å²) in [6, 6.07) is 6.00. The molecule has 0 atom stereocenters. The van der Waals surface area contributed by atoms with E-state index in [1.165, 1.54) is 6.42 Å². The summed E-state index contributed by atoms with van der Waals surface area (Å²) in [5, 5.41) is 0. The first-order valence-corrected chi connectivity index (χ1v) is 7.46. The quantitative estimate of drug-likeness (QED) is 0.860. The number of fused-ring (bicyclic) bond motifs is 1. The van der Waals surface area contributed by atoms with Crippen molar-refractivity contribution in [2.75, 3.05) is 13.1 Å². The summed E-state index contributed by atoms with van der Waals surface area (Å²) in [5.41, 5.74) is 3.15. The van der Waals surface area contributed by atoms with E-state index in [9.17, 15) is 4.79 Å². The summed E-state index contributed by atoms with van der Waals surface area (Å²) in [5.74, 6) is 0.287. The molecule has 1 saturated heterocycles. The van der Waals surface area contributed by atoms with Gasteiger partial charge in [0.2, 0.25) is 5.91 Å². The number of carbonyl (C=O) groups excluding carboxylic acids is 1. The zero-order valence-electron chi connectivity index (χ0n) is 12.0. The fraction of sp³-hybridized carbons (Fsp3) is 0.500. The van der Waals surface area contributed by atoms with Gasteiger partial charge in [-0.1, -0.05) is 6.07 Å². The van der Waals surface area contributed by atoms with E-state index < -0.39 is 0 Å². The van der Waals surface area contributed by atoms with Crippen molar-refractivity contribution in [3.05, 3.63) is 35.8 Å². The third kappa shape index (κ3) is 2.55. The van der Waals surface area contributed by atoms with E-state index in [-0.39, 0.29) is 5.91 Å². The van der Waals surface area contributed by atoms with E-state index in [0.29, 0.717) is 6.42 Å². The number of aryl methyl sites for hydroxylation is 2. The van der Waals surface area contributed by atoms with Crippen LogP contribution in [0.25, 0.3) is 5.65 Å². The molecule has 3 heterocycles. The van der Waals surface area contributed by atoms with Crippen LogP contribution >= 0.6 is 0 Å². The van der Waals surface area contributed by atoms with Crippen LogP contribution in [-0.2, 0) is 11.2 Å². The standard InChI is InChI=1S/C16H21N3O/c1-13-14(19-12-6-3-7-15(19)17-13)8-9-16(20)18-10-4-2-5-11-18/h3,6-7,12H,2,4-5,8-11H2,1H3. The van der Waals surface area contributed by atoms with Gasteiger partial charge in [-0.05, 0) is 44.7 Å². The summed E-state index contributed by atoms with van der Waals surface area (Å²) >= 11 is 0. The van der Waals surface area contributed by atoms with Gasteiger partial charge in [-0.2, -0.15) is 0 Å². The fourth-order valence-electron chi connectivity index (χ4n) is 2.99. The summed E-state index contributed by atoms with van der Waals surface area (Å²) in [6.07, 6.45) is 6.95. The summed E-state index contributed by atoms with van der Waals surface area (Å²) in [4.78, 5) is 18.8. The second-order valence-electron chi connectivity index (χ2n) is 5.51. The lowest BCUT2D eigenvalue weighted by Crippen LogP contribution is -2.35. The van der Waals surface area contributed by atoms with Crippen molar-refractivity contribution in [1.82, 2.24) is 14.3 Å². The van der Waals surface area contributed by atoms with Gasteiger partial charge in [-0.3, -0.25) is 4.79 Å². The van der Waals surface area contributed by atoms with Crippen molar-refractivity contribution in [1.29, 1.82) is 0 Å². The molecule has 1 amide bonds. The molecule has 1 aliphatic heterocycles. The molecular formula is C16H21N3O. The largest absolute Gasteiger partial charge is 0.343 e. The molecule has 4 heteroatoms. The van der Waals surface area contributed by atoms with Crippen LogP contribution in [0.4, 0.5) is 0 Å². The number of rotatable bonds is 3. The van der Waals surface area contributed by atoms with Crippen molar-refractivity contribution in [3.63, 3.8) is 0 Å². The zero-order valence-corrected chi connectivity index (χ0v) is 12.0. The van der Waals surface area contributed by atoms with E-state index in [0.717, 1.165) is 49.4 Å². The Balaban J connectivity index is 1.70. The Labute approximate surface area is 119 Å². The molecule has 106 valence electrons. The van der Waals surface area contributed by atoms with Crippen LogP contribution in [-0.4, -0.2) is 33.3 Å². The number of piperidine rings is 1. The number of nitrogens with zero attached hydrogens (tertiary/aromatic N) is 3. The SMILES string of the molecule is Cc1nc2ccccn2c1CCC(=O)N1CCCCC1. The van der Waals surface area contributed by atoms with Crippen molar-refractivity contribution in [3.8, 4) is 0 Å². The average Bonchev–Trinajstić information content (AvgIpc) is 2.81. The predicted octanol–water partition coefficient (Wildman–Crippen LogP) is 2.59. The molecule has 0 bridgehead atoms. The molecule has 1 fully saturated rings. The number of aromatic nitrogens is 2. The fourth-order valence-corrected chi connectivity index (χ4v) is 2.99. The van der Waals surface area contributed by atoms with Gasteiger partial charge in [-0.25, -0.2) is 4.98 Å². The molecule has 2 aromatic rings. The number of amides is 1. The van der Waals surface area contributed by atoms with E-state index in [1.54, 1.807) is 0 Å². The number of pyridine rings is 1. The zero-order chi connectivity index (χ0) is 13.9. The first-order valence-electron chi connectivity index (χ1n) is 7.46. The normalized spacial score (nSPS) is 15.8. The average molecular weight is 271 g/mol. The maximum absolute atomic E-state index is 12.2. The predicted molar refractivity (Wildman–Crippen MR) is 78.7 cm³/mol. The summed E-state index contributed by atoms with van der Waals surface area (Å²) in [6.45, 7) is 3.89. The van der Waals surface area contributed by atoms with Crippen LogP contribution in [0.1, 0.15) is 37.1 Å². The monoisotopic (exact) mass is 271 g/mol. The van der Waals surface area contributed by atoms with Gasteiger partial charge < -0.3 is 9.30 Å². The topological polar surface area (TPSA) is 37.6 Å². The third-order valence-electron chi connectivity index (χ3n) is 4.11. The van der Waals surface area contributed by atoms with E-state index in [1.807, 2.05) is 36.2 Å².